The number of hydrogen-bond donors (Lipinski definition) is 2. The van der Waals surface area contributed by atoms with Crippen molar-refractivity contribution < 1.29 is 13.7 Å². The number of nitrogens with one attached hydrogen (secondary N) is 2. The second-order valence-electron chi connectivity index (χ2n) is 9.22. The lowest BCUT2D eigenvalue weighted by Crippen LogP contribution is -2.42. The zero-order valence-electron chi connectivity index (χ0n) is 20.4. The molecule has 2 N–H and O–H groups in total. The molecule has 1 atom stereocenters. The van der Waals surface area contributed by atoms with E-state index in [9.17, 15) is 4.21 Å². The maximum atomic E-state index is 13.3. The Morgan fingerprint density at radius 1 is 1.15 bits per heavy atom. The minimum absolute atomic E-state index is 0.0740. The topological polar surface area (TPSA) is 72.5 Å². The van der Waals surface area contributed by atoms with Gasteiger partial charge >= 0.3 is 0 Å². The highest BCUT2D eigenvalue weighted by molar-refractivity contribution is 7.86. The third-order valence-corrected chi connectivity index (χ3v) is 8.69. The molecule has 1 saturated heterocycles. The molecule has 4 rings (SSSR count). The van der Waals surface area contributed by atoms with Crippen LogP contribution >= 0.6 is 11.3 Å². The van der Waals surface area contributed by atoms with Crippen LogP contribution in [0, 0.1) is 19.8 Å². The van der Waals surface area contributed by atoms with Gasteiger partial charge in [0.05, 0.1) is 17.7 Å². The van der Waals surface area contributed by atoms with Crippen LogP contribution in [0.25, 0.3) is 10.4 Å². The van der Waals surface area contributed by atoms with Gasteiger partial charge in [0, 0.05) is 24.4 Å². The maximum Gasteiger partial charge on any atom is 0.183 e. The number of thiazole rings is 1. The largest absolute Gasteiger partial charge is 0.495 e. The normalized spacial score (nSPS) is 15.7. The molecule has 1 unspecified atom stereocenters. The first-order valence-electron chi connectivity index (χ1n) is 11.5. The summed E-state index contributed by atoms with van der Waals surface area (Å²) in [6, 6.07) is 13.6. The highest BCUT2D eigenvalue weighted by Crippen LogP contribution is 2.38. The number of nitrogens with zero attached hydrogens (tertiary/aromatic N) is 1. The van der Waals surface area contributed by atoms with Gasteiger partial charge in [0.1, 0.15) is 10.6 Å². The van der Waals surface area contributed by atoms with Crippen molar-refractivity contribution in [3.05, 3.63) is 53.7 Å². The molecule has 182 valence electrons. The Morgan fingerprint density at radius 3 is 2.59 bits per heavy atom. The van der Waals surface area contributed by atoms with Gasteiger partial charge in [-0.15, -0.1) is 0 Å². The van der Waals surface area contributed by atoms with Crippen LogP contribution in [-0.4, -0.2) is 35.1 Å². The molecule has 1 fully saturated rings. The average molecular weight is 500 g/mol. The molecule has 0 radical (unpaired) electrons. The summed E-state index contributed by atoms with van der Waals surface area (Å²) in [4.78, 5) is 6.48. The predicted molar refractivity (Wildman–Crippen MR) is 141 cm³/mol. The molecular weight excluding hydrogens is 466 g/mol. The highest BCUT2D eigenvalue weighted by Gasteiger charge is 2.32. The van der Waals surface area contributed by atoms with E-state index in [4.69, 9.17) is 14.5 Å². The van der Waals surface area contributed by atoms with Crippen LogP contribution in [0.3, 0.4) is 0 Å². The van der Waals surface area contributed by atoms with E-state index in [0.29, 0.717) is 16.6 Å². The SMILES string of the molecule is COc1ccc(-c2sc(NC(C)(C)C3CCOCC3)nc2C)cc1S(=O)Nc1ccccc1C. The maximum absolute atomic E-state index is 13.3. The molecule has 0 aliphatic carbocycles. The number of para-hydroxylation sites is 1. The summed E-state index contributed by atoms with van der Waals surface area (Å²) >= 11 is 1.63. The third-order valence-electron chi connectivity index (χ3n) is 6.44. The van der Waals surface area contributed by atoms with Gasteiger partial charge in [0.15, 0.2) is 16.1 Å². The van der Waals surface area contributed by atoms with Gasteiger partial charge in [-0.2, -0.15) is 0 Å². The Bertz CT molecular complexity index is 1170. The summed E-state index contributed by atoms with van der Waals surface area (Å²) in [5, 5.41) is 4.58. The molecule has 1 aliphatic rings. The second-order valence-corrected chi connectivity index (χ2v) is 11.4. The molecule has 0 bridgehead atoms. The Balaban J connectivity index is 1.59. The first-order valence-corrected chi connectivity index (χ1v) is 13.5. The van der Waals surface area contributed by atoms with E-state index in [0.717, 1.165) is 58.6 Å². The second kappa shape index (κ2) is 10.5. The fourth-order valence-corrected chi connectivity index (χ4v) is 6.55. The number of ether oxygens (including phenoxy) is 2. The van der Waals surface area contributed by atoms with Crippen molar-refractivity contribution in [2.45, 2.75) is 51.0 Å². The van der Waals surface area contributed by atoms with Gasteiger partial charge in [0.25, 0.3) is 0 Å². The molecule has 1 aliphatic heterocycles. The summed E-state index contributed by atoms with van der Waals surface area (Å²) < 4.78 is 27.5. The smallest absolute Gasteiger partial charge is 0.183 e. The quantitative estimate of drug-likeness (QED) is 0.387. The van der Waals surface area contributed by atoms with Crippen molar-refractivity contribution in [3.8, 4) is 16.2 Å². The Hall–Kier alpha value is -2.42. The predicted octanol–water partition coefficient (Wildman–Crippen LogP) is 6.19. The van der Waals surface area contributed by atoms with E-state index in [1.807, 2.05) is 56.3 Å². The average Bonchev–Trinajstić information content (AvgIpc) is 3.19. The lowest BCUT2D eigenvalue weighted by atomic mass is 9.82. The number of aromatic nitrogens is 1. The van der Waals surface area contributed by atoms with E-state index in [2.05, 4.69) is 23.9 Å². The zero-order chi connectivity index (χ0) is 24.3. The standard InChI is InChI=1S/C26H33N3O3S2/c1-17-8-6-7-9-21(17)29-34(30)23-16-19(10-11-22(23)31-5)24-18(2)27-25(33-24)28-26(3,4)20-12-14-32-15-13-20/h6-11,16,20,29H,12-15H2,1-5H3,(H,27,28). The molecule has 8 heteroatoms. The van der Waals surface area contributed by atoms with E-state index in [1.54, 1.807) is 18.4 Å². The number of aryl methyl sites for hydroxylation is 2. The van der Waals surface area contributed by atoms with Crippen molar-refractivity contribution in [2.75, 3.05) is 30.4 Å². The summed E-state index contributed by atoms with van der Waals surface area (Å²) in [5.74, 6) is 1.13. The Kier molecular flexibility index (Phi) is 7.60. The molecule has 3 aromatic rings. The fraction of sp³-hybridized carbons (Fsp3) is 0.423. The van der Waals surface area contributed by atoms with Crippen molar-refractivity contribution in [2.24, 2.45) is 5.92 Å². The number of rotatable bonds is 8. The minimum atomic E-state index is -1.48. The van der Waals surface area contributed by atoms with Crippen molar-refractivity contribution >= 4 is 33.1 Å². The van der Waals surface area contributed by atoms with E-state index in [1.165, 1.54) is 0 Å². The third kappa shape index (κ3) is 5.45. The molecule has 2 heterocycles. The van der Waals surface area contributed by atoms with Crippen LogP contribution in [0.1, 0.15) is 37.9 Å². The molecule has 1 aromatic heterocycles. The summed E-state index contributed by atoms with van der Waals surface area (Å²) in [6.07, 6.45) is 2.11. The van der Waals surface area contributed by atoms with Crippen LogP contribution in [0.2, 0.25) is 0 Å². The van der Waals surface area contributed by atoms with E-state index in [-0.39, 0.29) is 5.54 Å². The van der Waals surface area contributed by atoms with Crippen molar-refractivity contribution in [3.63, 3.8) is 0 Å². The van der Waals surface area contributed by atoms with Gasteiger partial charge in [-0.1, -0.05) is 29.5 Å². The fourth-order valence-electron chi connectivity index (χ4n) is 4.32. The highest BCUT2D eigenvalue weighted by atomic mass is 32.2. The molecule has 0 spiro atoms. The lowest BCUT2D eigenvalue weighted by Gasteiger charge is -2.37. The van der Waals surface area contributed by atoms with E-state index < -0.39 is 11.0 Å². The minimum Gasteiger partial charge on any atom is -0.495 e. The monoisotopic (exact) mass is 499 g/mol. The first-order chi connectivity index (χ1) is 16.3. The first kappa shape index (κ1) is 24.7. The Morgan fingerprint density at radius 2 is 1.88 bits per heavy atom. The molecule has 2 aromatic carbocycles. The molecule has 0 amide bonds. The molecular formula is C26H33N3O3S2. The Labute approximate surface area is 208 Å². The van der Waals surface area contributed by atoms with E-state index >= 15 is 0 Å². The molecule has 0 saturated carbocycles. The van der Waals surface area contributed by atoms with Crippen molar-refractivity contribution in [1.29, 1.82) is 0 Å². The van der Waals surface area contributed by atoms with Crippen molar-refractivity contribution in [1.82, 2.24) is 4.98 Å². The van der Waals surface area contributed by atoms with Gasteiger partial charge in [-0.25, -0.2) is 9.19 Å². The number of methoxy groups -OCH3 is 1. The van der Waals surface area contributed by atoms with Crippen LogP contribution < -0.4 is 14.8 Å². The zero-order valence-corrected chi connectivity index (χ0v) is 22.1. The van der Waals surface area contributed by atoms with Gasteiger partial charge in [0.2, 0.25) is 0 Å². The molecule has 6 nitrogen and oxygen atoms in total. The van der Waals surface area contributed by atoms with Crippen LogP contribution in [-0.2, 0) is 15.7 Å². The summed E-state index contributed by atoms with van der Waals surface area (Å²) in [5.41, 5.74) is 3.72. The van der Waals surface area contributed by atoms with Gasteiger partial charge < -0.3 is 19.5 Å². The lowest BCUT2D eigenvalue weighted by molar-refractivity contribution is 0.0491. The number of hydrogen-bond acceptors (Lipinski definition) is 6. The van der Waals surface area contributed by atoms with Gasteiger partial charge in [-0.3, -0.25) is 0 Å². The number of benzene rings is 2. The number of anilines is 2. The summed E-state index contributed by atoms with van der Waals surface area (Å²) in [7, 11) is 0.122. The van der Waals surface area contributed by atoms with Crippen LogP contribution in [0.5, 0.6) is 5.75 Å². The van der Waals surface area contributed by atoms with Crippen LogP contribution in [0.4, 0.5) is 10.8 Å². The molecule has 34 heavy (non-hydrogen) atoms. The summed E-state index contributed by atoms with van der Waals surface area (Å²) in [6.45, 7) is 10.1. The van der Waals surface area contributed by atoms with Gasteiger partial charge in [-0.05, 0) is 81.8 Å². The van der Waals surface area contributed by atoms with Crippen LogP contribution in [0.15, 0.2) is 47.4 Å².